The molecule has 9 heteroatoms. The third kappa shape index (κ3) is 6.20. The molecule has 1 saturated heterocycles. The van der Waals surface area contributed by atoms with E-state index in [2.05, 4.69) is 29.0 Å². The number of rotatable bonds is 10. The van der Waals surface area contributed by atoms with E-state index in [9.17, 15) is 9.59 Å². The van der Waals surface area contributed by atoms with Gasteiger partial charge in [-0.2, -0.15) is 0 Å². The molecule has 1 atom stereocenters. The van der Waals surface area contributed by atoms with Crippen molar-refractivity contribution in [3.05, 3.63) is 28.8 Å². The number of nitrogens with one attached hydrogen (secondary N) is 1. The summed E-state index contributed by atoms with van der Waals surface area (Å²) in [5.41, 5.74) is 0.373. The smallest absolute Gasteiger partial charge is 0.261 e. The molecule has 3 rings (SSSR count). The summed E-state index contributed by atoms with van der Waals surface area (Å²) in [6, 6.07) is 3.32. The summed E-state index contributed by atoms with van der Waals surface area (Å²) in [6.07, 6.45) is 2.40. The molecule has 176 valence electrons. The highest BCUT2D eigenvalue weighted by atomic mass is 16.5. The number of hydrogen-bond donors (Lipinski definition) is 1. The van der Waals surface area contributed by atoms with Crippen LogP contribution >= 0.6 is 0 Å². The number of morpholine rings is 1. The van der Waals surface area contributed by atoms with Crippen molar-refractivity contribution in [2.45, 2.75) is 39.3 Å². The van der Waals surface area contributed by atoms with Crippen molar-refractivity contribution >= 4 is 16.8 Å². The summed E-state index contributed by atoms with van der Waals surface area (Å²) in [6.45, 7) is 8.84. The van der Waals surface area contributed by atoms with E-state index in [1.165, 1.54) is 25.1 Å². The lowest BCUT2D eigenvalue weighted by molar-refractivity contribution is -0.122. The largest absolute Gasteiger partial charge is 0.493 e. The van der Waals surface area contributed by atoms with Gasteiger partial charge < -0.3 is 19.5 Å². The van der Waals surface area contributed by atoms with Crippen LogP contribution in [-0.4, -0.2) is 73.5 Å². The second-order valence-corrected chi connectivity index (χ2v) is 8.52. The number of amides is 1. The molecule has 1 aromatic heterocycles. The molecule has 0 spiro atoms. The van der Waals surface area contributed by atoms with Crippen LogP contribution in [0.2, 0.25) is 0 Å². The van der Waals surface area contributed by atoms with Crippen LogP contribution in [0.4, 0.5) is 0 Å². The maximum Gasteiger partial charge on any atom is 0.261 e. The van der Waals surface area contributed by atoms with E-state index in [-0.39, 0.29) is 17.6 Å². The highest BCUT2D eigenvalue weighted by molar-refractivity contribution is 5.81. The molecule has 2 heterocycles. The standard InChI is InChI=1S/C23H34N4O5/c1-16(2)13-26-8-9-32-17(14-26)12-24-22(28)6-5-7-27-15-25-19-11-21(31-4)20(30-3)10-18(19)23(27)29/h10-11,15-17H,5-9,12-14H2,1-4H3,(H,24,28). The number of fused-ring (bicyclic) bond motifs is 1. The molecule has 0 bridgehead atoms. The molecule has 1 aliphatic heterocycles. The Morgan fingerprint density at radius 2 is 2.03 bits per heavy atom. The Morgan fingerprint density at radius 3 is 2.75 bits per heavy atom. The Kier molecular flexibility index (Phi) is 8.46. The molecule has 1 aliphatic rings. The fourth-order valence-electron chi connectivity index (χ4n) is 3.96. The first-order valence-electron chi connectivity index (χ1n) is 11.1. The summed E-state index contributed by atoms with van der Waals surface area (Å²) >= 11 is 0. The van der Waals surface area contributed by atoms with Gasteiger partial charge in [0.05, 0.1) is 44.2 Å². The Morgan fingerprint density at radius 1 is 1.28 bits per heavy atom. The average molecular weight is 447 g/mol. The highest BCUT2D eigenvalue weighted by Crippen LogP contribution is 2.29. The number of nitrogens with zero attached hydrogens (tertiary/aromatic N) is 3. The molecule has 1 fully saturated rings. The number of benzene rings is 1. The maximum absolute atomic E-state index is 12.8. The van der Waals surface area contributed by atoms with Crippen LogP contribution in [0.15, 0.2) is 23.3 Å². The van der Waals surface area contributed by atoms with Gasteiger partial charge in [0, 0.05) is 45.2 Å². The molecule has 1 N–H and O–H groups in total. The Balaban J connectivity index is 1.50. The predicted molar refractivity (Wildman–Crippen MR) is 122 cm³/mol. The van der Waals surface area contributed by atoms with Gasteiger partial charge in [-0.1, -0.05) is 13.8 Å². The van der Waals surface area contributed by atoms with Crippen molar-refractivity contribution in [2.24, 2.45) is 5.92 Å². The van der Waals surface area contributed by atoms with E-state index in [4.69, 9.17) is 14.2 Å². The van der Waals surface area contributed by atoms with Gasteiger partial charge in [-0.25, -0.2) is 4.98 Å². The SMILES string of the molecule is COc1cc2ncn(CCCC(=O)NCC3CN(CC(C)C)CCO3)c(=O)c2cc1OC. The van der Waals surface area contributed by atoms with Crippen LogP contribution in [0.1, 0.15) is 26.7 Å². The third-order valence-electron chi connectivity index (χ3n) is 5.51. The third-order valence-corrected chi connectivity index (χ3v) is 5.51. The fraction of sp³-hybridized carbons (Fsp3) is 0.609. The molecule has 1 aromatic carbocycles. The first kappa shape index (κ1) is 24.0. The van der Waals surface area contributed by atoms with Gasteiger partial charge in [-0.05, 0) is 18.4 Å². The lowest BCUT2D eigenvalue weighted by Crippen LogP contribution is -2.48. The first-order chi connectivity index (χ1) is 15.4. The first-order valence-corrected chi connectivity index (χ1v) is 11.1. The van der Waals surface area contributed by atoms with E-state index in [1.807, 2.05) is 0 Å². The van der Waals surface area contributed by atoms with Crippen molar-refractivity contribution in [1.29, 1.82) is 0 Å². The van der Waals surface area contributed by atoms with Gasteiger partial charge in [0.25, 0.3) is 5.56 Å². The van der Waals surface area contributed by atoms with Gasteiger partial charge >= 0.3 is 0 Å². The molecule has 1 amide bonds. The zero-order chi connectivity index (χ0) is 23.1. The van der Waals surface area contributed by atoms with Gasteiger partial charge in [-0.3, -0.25) is 19.1 Å². The predicted octanol–water partition coefficient (Wildman–Crippen LogP) is 1.67. The highest BCUT2D eigenvalue weighted by Gasteiger charge is 2.21. The van der Waals surface area contributed by atoms with Crippen molar-refractivity contribution < 1.29 is 19.0 Å². The number of hydrogen-bond acceptors (Lipinski definition) is 7. The second kappa shape index (κ2) is 11.3. The van der Waals surface area contributed by atoms with Crippen LogP contribution in [0, 0.1) is 5.92 Å². The summed E-state index contributed by atoms with van der Waals surface area (Å²) in [4.78, 5) is 31.8. The summed E-state index contributed by atoms with van der Waals surface area (Å²) in [5, 5.41) is 3.41. The number of ether oxygens (including phenoxy) is 3. The lowest BCUT2D eigenvalue weighted by Gasteiger charge is -2.33. The summed E-state index contributed by atoms with van der Waals surface area (Å²) in [7, 11) is 3.06. The minimum atomic E-state index is -0.169. The van der Waals surface area contributed by atoms with Crippen LogP contribution in [-0.2, 0) is 16.1 Å². The molecular weight excluding hydrogens is 412 g/mol. The number of aromatic nitrogens is 2. The normalized spacial score (nSPS) is 17.0. The van der Waals surface area contributed by atoms with E-state index < -0.39 is 0 Å². The molecule has 0 saturated carbocycles. The zero-order valence-electron chi connectivity index (χ0n) is 19.4. The van der Waals surface area contributed by atoms with Gasteiger partial charge in [0.1, 0.15) is 0 Å². The number of carbonyl (C=O) groups excluding carboxylic acids is 1. The Hall–Kier alpha value is -2.65. The Labute approximate surface area is 188 Å². The molecule has 32 heavy (non-hydrogen) atoms. The van der Waals surface area contributed by atoms with E-state index >= 15 is 0 Å². The fourth-order valence-corrected chi connectivity index (χ4v) is 3.96. The summed E-state index contributed by atoms with van der Waals surface area (Å²) in [5.74, 6) is 1.57. The van der Waals surface area contributed by atoms with E-state index in [0.29, 0.717) is 60.9 Å². The molecule has 0 radical (unpaired) electrons. The average Bonchev–Trinajstić information content (AvgIpc) is 2.78. The van der Waals surface area contributed by atoms with Crippen LogP contribution < -0.4 is 20.3 Å². The molecule has 2 aromatic rings. The number of carbonyl (C=O) groups is 1. The number of methoxy groups -OCH3 is 2. The maximum atomic E-state index is 12.8. The summed E-state index contributed by atoms with van der Waals surface area (Å²) < 4.78 is 17.9. The monoisotopic (exact) mass is 446 g/mol. The van der Waals surface area contributed by atoms with Crippen molar-refractivity contribution in [3.63, 3.8) is 0 Å². The van der Waals surface area contributed by atoms with E-state index in [0.717, 1.165) is 19.6 Å². The molecular formula is C23H34N4O5. The van der Waals surface area contributed by atoms with Crippen LogP contribution in [0.3, 0.4) is 0 Å². The van der Waals surface area contributed by atoms with Crippen molar-refractivity contribution in [1.82, 2.24) is 19.8 Å². The number of aryl methyl sites for hydroxylation is 1. The topological polar surface area (TPSA) is 94.9 Å². The molecule has 0 aliphatic carbocycles. The Bertz CT molecular complexity index is 975. The van der Waals surface area contributed by atoms with Crippen LogP contribution in [0.5, 0.6) is 11.5 Å². The quantitative estimate of drug-likeness (QED) is 0.593. The minimum absolute atomic E-state index is 0.0192. The minimum Gasteiger partial charge on any atom is -0.493 e. The zero-order valence-corrected chi connectivity index (χ0v) is 19.4. The van der Waals surface area contributed by atoms with Crippen LogP contribution in [0.25, 0.3) is 10.9 Å². The second-order valence-electron chi connectivity index (χ2n) is 8.52. The lowest BCUT2D eigenvalue weighted by atomic mass is 10.2. The van der Waals surface area contributed by atoms with Gasteiger partial charge in [0.15, 0.2) is 11.5 Å². The van der Waals surface area contributed by atoms with Crippen molar-refractivity contribution in [3.8, 4) is 11.5 Å². The molecule has 9 nitrogen and oxygen atoms in total. The van der Waals surface area contributed by atoms with Crippen molar-refractivity contribution in [2.75, 3.05) is 47.0 Å². The van der Waals surface area contributed by atoms with Gasteiger partial charge in [0.2, 0.25) is 5.91 Å². The molecule has 1 unspecified atom stereocenters. The van der Waals surface area contributed by atoms with E-state index in [1.54, 1.807) is 12.1 Å². The van der Waals surface area contributed by atoms with Gasteiger partial charge in [-0.15, -0.1) is 0 Å².